The van der Waals surface area contributed by atoms with E-state index in [0.717, 1.165) is 6.07 Å². The van der Waals surface area contributed by atoms with E-state index in [1.165, 1.54) is 10.7 Å². The summed E-state index contributed by atoms with van der Waals surface area (Å²) in [5, 5.41) is 17.0. The molecule has 9 nitrogen and oxygen atoms in total. The number of nitro groups is 1. The number of hydrogen-bond acceptors (Lipinski definition) is 7. The van der Waals surface area contributed by atoms with Crippen molar-refractivity contribution in [3.05, 3.63) is 39.7 Å². The molecule has 0 saturated heterocycles. The first-order valence-electron chi connectivity index (χ1n) is 6.18. The molecule has 0 aliphatic rings. The van der Waals surface area contributed by atoms with Gasteiger partial charge in [-0.15, -0.1) is 0 Å². The number of anilines is 1. The third-order valence-electron chi connectivity index (χ3n) is 2.57. The van der Waals surface area contributed by atoms with Crippen LogP contribution in [0, 0.1) is 10.1 Å². The van der Waals surface area contributed by atoms with E-state index >= 15 is 0 Å². The van der Waals surface area contributed by atoms with Crippen LogP contribution in [0.3, 0.4) is 0 Å². The zero-order chi connectivity index (χ0) is 16.3. The maximum Gasteiger partial charge on any atom is 0.341 e. The minimum absolute atomic E-state index is 0.0529. The molecule has 0 aromatic carbocycles. The Morgan fingerprint density at radius 1 is 1.55 bits per heavy atom. The van der Waals surface area contributed by atoms with Gasteiger partial charge in [-0.05, 0) is 24.3 Å². The van der Waals surface area contributed by atoms with Gasteiger partial charge in [0.15, 0.2) is 5.69 Å². The predicted molar refractivity (Wildman–Crippen MR) is 78.1 cm³/mol. The molecule has 2 heterocycles. The molecule has 0 radical (unpaired) electrons. The van der Waals surface area contributed by atoms with Crippen LogP contribution in [0.1, 0.15) is 27.8 Å². The van der Waals surface area contributed by atoms with Gasteiger partial charge in [-0.2, -0.15) is 5.10 Å². The van der Waals surface area contributed by atoms with Crippen LogP contribution >= 0.6 is 11.3 Å². The second kappa shape index (κ2) is 6.35. The first-order valence-corrected chi connectivity index (χ1v) is 7.00. The van der Waals surface area contributed by atoms with Gasteiger partial charge >= 0.3 is 11.0 Å². The summed E-state index contributed by atoms with van der Waals surface area (Å²) >= 11 is 0.685. The number of amides is 1. The number of aryl methyl sites for hydroxylation is 1. The molecule has 0 fully saturated rings. The second-order valence-electron chi connectivity index (χ2n) is 4.13. The van der Waals surface area contributed by atoms with E-state index in [4.69, 9.17) is 4.74 Å². The molecule has 1 N–H and O–H groups in total. The van der Waals surface area contributed by atoms with Gasteiger partial charge in [0.25, 0.3) is 5.91 Å². The SMILES string of the molecule is CCOC(=O)c1cc([N+](=O)[O-])sc1NC(=O)c1ccn(C)n1. The Hall–Kier alpha value is -2.75. The highest BCUT2D eigenvalue weighted by molar-refractivity contribution is 7.19. The van der Waals surface area contributed by atoms with Gasteiger partial charge in [0.1, 0.15) is 10.6 Å². The predicted octanol–water partition coefficient (Wildman–Crippen LogP) is 1.82. The number of esters is 1. The number of carbonyl (C=O) groups excluding carboxylic acids is 2. The van der Waals surface area contributed by atoms with Crippen molar-refractivity contribution in [1.29, 1.82) is 0 Å². The van der Waals surface area contributed by atoms with Crippen LogP contribution in [-0.4, -0.2) is 33.2 Å². The standard InChI is InChI=1S/C12H12N4O5S/c1-3-21-12(18)7-6-9(16(19)20)22-11(7)13-10(17)8-4-5-15(2)14-8/h4-6H,3H2,1-2H3,(H,13,17). The summed E-state index contributed by atoms with van der Waals surface area (Å²) < 4.78 is 6.27. The fourth-order valence-corrected chi connectivity index (χ4v) is 2.48. The molecule has 10 heteroatoms. The van der Waals surface area contributed by atoms with Crippen molar-refractivity contribution >= 4 is 33.2 Å². The maximum atomic E-state index is 12.0. The van der Waals surface area contributed by atoms with Gasteiger partial charge in [-0.1, -0.05) is 0 Å². The van der Waals surface area contributed by atoms with Crippen LogP contribution in [-0.2, 0) is 11.8 Å². The van der Waals surface area contributed by atoms with Crippen molar-refractivity contribution in [3.8, 4) is 0 Å². The number of aromatic nitrogens is 2. The summed E-state index contributed by atoms with van der Waals surface area (Å²) in [6.45, 7) is 1.74. The molecule has 0 bridgehead atoms. The topological polar surface area (TPSA) is 116 Å². The van der Waals surface area contributed by atoms with Crippen LogP contribution in [0.5, 0.6) is 0 Å². The van der Waals surface area contributed by atoms with Crippen molar-refractivity contribution in [2.45, 2.75) is 6.92 Å². The molecule has 0 atom stereocenters. The molecule has 0 aliphatic heterocycles. The van der Waals surface area contributed by atoms with Crippen molar-refractivity contribution in [3.63, 3.8) is 0 Å². The summed E-state index contributed by atoms with van der Waals surface area (Å²) in [7, 11) is 1.65. The highest BCUT2D eigenvalue weighted by Gasteiger charge is 2.24. The van der Waals surface area contributed by atoms with Gasteiger partial charge in [0, 0.05) is 19.3 Å². The number of hydrogen-bond donors (Lipinski definition) is 1. The van der Waals surface area contributed by atoms with Crippen molar-refractivity contribution in [2.24, 2.45) is 7.05 Å². The van der Waals surface area contributed by atoms with Crippen LogP contribution in [0.2, 0.25) is 0 Å². The molecule has 1 amide bonds. The number of carbonyl (C=O) groups is 2. The van der Waals surface area contributed by atoms with Gasteiger partial charge in [-0.25, -0.2) is 4.79 Å². The Bertz CT molecular complexity index is 736. The third kappa shape index (κ3) is 3.28. The molecule has 0 saturated carbocycles. The summed E-state index contributed by atoms with van der Waals surface area (Å²) in [5.41, 5.74) is 0.0798. The highest BCUT2D eigenvalue weighted by Crippen LogP contribution is 2.34. The van der Waals surface area contributed by atoms with E-state index in [9.17, 15) is 19.7 Å². The van der Waals surface area contributed by atoms with Crippen molar-refractivity contribution in [2.75, 3.05) is 11.9 Å². The van der Waals surface area contributed by atoms with Gasteiger partial charge in [-0.3, -0.25) is 19.6 Å². The summed E-state index contributed by atoms with van der Waals surface area (Å²) in [6.07, 6.45) is 1.58. The lowest BCUT2D eigenvalue weighted by atomic mass is 10.3. The monoisotopic (exact) mass is 324 g/mol. The molecule has 0 spiro atoms. The molecule has 2 aromatic rings. The smallest absolute Gasteiger partial charge is 0.341 e. The quantitative estimate of drug-likeness (QED) is 0.509. The Morgan fingerprint density at radius 2 is 2.27 bits per heavy atom. The first-order chi connectivity index (χ1) is 10.4. The number of rotatable bonds is 5. The number of nitrogens with zero attached hydrogens (tertiary/aromatic N) is 3. The van der Waals surface area contributed by atoms with Crippen molar-refractivity contribution < 1.29 is 19.2 Å². The fourth-order valence-electron chi connectivity index (χ4n) is 1.62. The van der Waals surface area contributed by atoms with Crippen LogP contribution < -0.4 is 5.32 Å². The van der Waals surface area contributed by atoms with E-state index in [-0.39, 0.29) is 27.9 Å². The van der Waals surface area contributed by atoms with Crippen LogP contribution in [0.15, 0.2) is 18.3 Å². The zero-order valence-electron chi connectivity index (χ0n) is 11.7. The Kier molecular flexibility index (Phi) is 4.51. The highest BCUT2D eigenvalue weighted by atomic mass is 32.1. The lowest BCUT2D eigenvalue weighted by molar-refractivity contribution is -0.380. The van der Waals surface area contributed by atoms with Gasteiger partial charge < -0.3 is 10.1 Å². The zero-order valence-corrected chi connectivity index (χ0v) is 12.5. The Morgan fingerprint density at radius 3 is 2.82 bits per heavy atom. The number of thiophene rings is 1. The molecule has 2 rings (SSSR count). The minimum atomic E-state index is -0.733. The van der Waals surface area contributed by atoms with E-state index in [1.807, 2.05) is 0 Å². The fraction of sp³-hybridized carbons (Fsp3) is 0.250. The summed E-state index contributed by atoms with van der Waals surface area (Å²) in [6, 6.07) is 2.57. The van der Waals surface area contributed by atoms with E-state index in [2.05, 4.69) is 10.4 Å². The maximum absolute atomic E-state index is 12.0. The molecular weight excluding hydrogens is 312 g/mol. The summed E-state index contributed by atoms with van der Waals surface area (Å²) in [5.74, 6) is -1.30. The Labute approximate surface area is 128 Å². The minimum Gasteiger partial charge on any atom is -0.462 e. The normalized spacial score (nSPS) is 10.3. The van der Waals surface area contributed by atoms with E-state index in [1.54, 1.807) is 20.2 Å². The summed E-state index contributed by atoms with van der Waals surface area (Å²) in [4.78, 5) is 34.1. The largest absolute Gasteiger partial charge is 0.462 e. The van der Waals surface area contributed by atoms with E-state index < -0.39 is 16.8 Å². The number of ether oxygens (including phenoxy) is 1. The van der Waals surface area contributed by atoms with Crippen LogP contribution in [0.4, 0.5) is 10.0 Å². The second-order valence-corrected chi connectivity index (χ2v) is 5.16. The molecule has 116 valence electrons. The number of nitrogens with one attached hydrogen (secondary N) is 1. The molecular formula is C12H12N4O5S. The lowest BCUT2D eigenvalue weighted by Crippen LogP contribution is -2.15. The van der Waals surface area contributed by atoms with Crippen LogP contribution in [0.25, 0.3) is 0 Å². The Balaban J connectivity index is 2.30. The molecule has 22 heavy (non-hydrogen) atoms. The third-order valence-corrected chi connectivity index (χ3v) is 3.57. The molecule has 0 unspecified atom stereocenters. The average Bonchev–Trinajstić information content (AvgIpc) is 3.05. The average molecular weight is 324 g/mol. The van der Waals surface area contributed by atoms with Gasteiger partial charge in [0.2, 0.25) is 0 Å². The van der Waals surface area contributed by atoms with Gasteiger partial charge in [0.05, 0.1) is 11.5 Å². The first kappa shape index (κ1) is 15.6. The van der Waals surface area contributed by atoms with Crippen molar-refractivity contribution in [1.82, 2.24) is 9.78 Å². The lowest BCUT2D eigenvalue weighted by Gasteiger charge is -2.03. The molecule has 2 aromatic heterocycles. The molecule has 0 aliphatic carbocycles. The van der Waals surface area contributed by atoms with E-state index in [0.29, 0.717) is 11.3 Å².